The van der Waals surface area contributed by atoms with Crippen LogP contribution in [0.25, 0.3) is 11.1 Å². The van der Waals surface area contributed by atoms with E-state index in [9.17, 15) is 15.0 Å². The number of ketones is 1. The number of carbonyl (C=O) groups excluding carboxylic acids is 1. The van der Waals surface area contributed by atoms with Crippen LogP contribution in [-0.4, -0.2) is 36.3 Å². The lowest BCUT2D eigenvalue weighted by Gasteiger charge is -2.16. The van der Waals surface area contributed by atoms with Crippen molar-refractivity contribution in [2.24, 2.45) is 0 Å². The maximum Gasteiger partial charge on any atom is 0.168 e. The van der Waals surface area contributed by atoms with E-state index in [0.717, 1.165) is 24.8 Å². The number of hydrogen-bond donors (Lipinski definition) is 2. The number of carbonyl (C=O) groups is 1. The molecule has 1 atom stereocenters. The lowest BCUT2D eigenvalue weighted by Crippen LogP contribution is -2.13. The maximum atomic E-state index is 12.5. The van der Waals surface area contributed by atoms with Gasteiger partial charge in [0.2, 0.25) is 0 Å². The van der Waals surface area contributed by atoms with Gasteiger partial charge >= 0.3 is 0 Å². The van der Waals surface area contributed by atoms with Crippen LogP contribution >= 0.6 is 0 Å². The molecule has 3 rings (SSSR count). The van der Waals surface area contributed by atoms with E-state index in [4.69, 9.17) is 9.47 Å². The molecule has 0 radical (unpaired) electrons. The molecule has 0 saturated carbocycles. The van der Waals surface area contributed by atoms with Crippen LogP contribution in [0.4, 0.5) is 0 Å². The molecule has 26 heavy (non-hydrogen) atoms. The van der Waals surface area contributed by atoms with Gasteiger partial charge in [-0.05, 0) is 55.2 Å². The Morgan fingerprint density at radius 3 is 2.58 bits per heavy atom. The zero-order valence-corrected chi connectivity index (χ0v) is 15.1. The number of phenolic OH excluding ortho intramolecular Hbond substituents is 1. The van der Waals surface area contributed by atoms with E-state index >= 15 is 0 Å². The van der Waals surface area contributed by atoms with Gasteiger partial charge in [0.15, 0.2) is 17.3 Å². The van der Waals surface area contributed by atoms with Crippen molar-refractivity contribution >= 4 is 5.78 Å². The minimum absolute atomic E-state index is 0.0643. The Hall–Kier alpha value is -2.53. The number of benzene rings is 2. The Balaban J connectivity index is 2.21. The highest BCUT2D eigenvalue weighted by atomic mass is 16.5. The third-order valence-corrected chi connectivity index (χ3v) is 4.82. The van der Waals surface area contributed by atoms with Gasteiger partial charge < -0.3 is 19.7 Å². The largest absolute Gasteiger partial charge is 0.507 e. The van der Waals surface area contributed by atoms with Gasteiger partial charge in [-0.1, -0.05) is 6.42 Å². The van der Waals surface area contributed by atoms with Crippen LogP contribution in [-0.2, 0) is 6.42 Å². The van der Waals surface area contributed by atoms with E-state index in [-0.39, 0.29) is 18.0 Å². The number of phenols is 1. The van der Waals surface area contributed by atoms with E-state index < -0.39 is 6.10 Å². The summed E-state index contributed by atoms with van der Waals surface area (Å²) in [5, 5.41) is 20.5. The van der Waals surface area contributed by atoms with Crippen molar-refractivity contribution in [1.82, 2.24) is 0 Å². The van der Waals surface area contributed by atoms with Crippen LogP contribution in [0.15, 0.2) is 30.3 Å². The lowest BCUT2D eigenvalue weighted by atomic mass is 9.95. The van der Waals surface area contributed by atoms with Crippen LogP contribution in [0.2, 0.25) is 0 Å². The highest BCUT2D eigenvalue weighted by Gasteiger charge is 2.20. The Morgan fingerprint density at radius 2 is 1.85 bits per heavy atom. The summed E-state index contributed by atoms with van der Waals surface area (Å²) in [6.07, 6.45) is 2.57. The van der Waals surface area contributed by atoms with Gasteiger partial charge in [0.1, 0.15) is 5.75 Å². The van der Waals surface area contributed by atoms with Gasteiger partial charge in [-0.2, -0.15) is 0 Å². The summed E-state index contributed by atoms with van der Waals surface area (Å²) in [5.41, 5.74) is 2.72. The van der Waals surface area contributed by atoms with Gasteiger partial charge in [0, 0.05) is 23.1 Å². The summed E-state index contributed by atoms with van der Waals surface area (Å²) in [6.45, 7) is 0. The molecule has 0 saturated heterocycles. The fourth-order valence-corrected chi connectivity index (χ4v) is 3.43. The third kappa shape index (κ3) is 3.68. The predicted molar refractivity (Wildman–Crippen MR) is 99.2 cm³/mol. The highest BCUT2D eigenvalue weighted by molar-refractivity contribution is 5.98. The molecule has 0 amide bonds. The van der Waals surface area contributed by atoms with Crippen LogP contribution in [0.1, 0.15) is 41.6 Å². The molecule has 2 N–H and O–H groups in total. The van der Waals surface area contributed by atoms with E-state index in [2.05, 4.69) is 0 Å². The van der Waals surface area contributed by atoms with E-state index in [1.54, 1.807) is 26.4 Å². The topological polar surface area (TPSA) is 76.0 Å². The van der Waals surface area contributed by atoms with Crippen LogP contribution < -0.4 is 9.47 Å². The molecule has 1 unspecified atom stereocenters. The fourth-order valence-electron chi connectivity index (χ4n) is 3.43. The van der Waals surface area contributed by atoms with Gasteiger partial charge in [0.25, 0.3) is 0 Å². The summed E-state index contributed by atoms with van der Waals surface area (Å²) >= 11 is 0. The molecule has 0 aromatic heterocycles. The lowest BCUT2D eigenvalue weighted by molar-refractivity contribution is 0.0864. The van der Waals surface area contributed by atoms with E-state index in [1.165, 1.54) is 6.07 Å². The first-order valence-corrected chi connectivity index (χ1v) is 8.83. The van der Waals surface area contributed by atoms with Gasteiger partial charge in [0.05, 0.1) is 20.3 Å². The van der Waals surface area contributed by atoms with Crippen molar-refractivity contribution < 1.29 is 24.5 Å². The van der Waals surface area contributed by atoms with Gasteiger partial charge in [-0.3, -0.25) is 4.79 Å². The SMILES string of the molecule is COc1cc2cc(c1OC)-c1cc(ccc1O)C(=O)CC(O)CCCC2. The molecule has 2 aromatic rings. The normalized spacial score (nSPS) is 17.7. The zero-order valence-electron chi connectivity index (χ0n) is 15.1. The van der Waals surface area contributed by atoms with E-state index in [1.807, 2.05) is 12.1 Å². The summed E-state index contributed by atoms with van der Waals surface area (Å²) in [4.78, 5) is 12.5. The molecule has 0 fully saturated rings. The molecule has 5 heteroatoms. The van der Waals surface area contributed by atoms with Crippen molar-refractivity contribution in [3.63, 3.8) is 0 Å². The van der Waals surface area contributed by atoms with Crippen molar-refractivity contribution in [2.75, 3.05) is 14.2 Å². The molecule has 138 valence electrons. The molecule has 0 spiro atoms. The standard InChI is InChI=1S/C21H24O5/c1-25-20-10-13-5-3-4-6-15(22)12-19(24)14-7-8-18(23)16(11-14)17(9-13)21(20)26-2/h7-11,15,22-23H,3-6,12H2,1-2H3. The smallest absolute Gasteiger partial charge is 0.168 e. The van der Waals surface area contributed by atoms with Crippen LogP contribution in [0, 0.1) is 0 Å². The number of rotatable bonds is 2. The molecule has 4 bridgehead atoms. The highest BCUT2D eigenvalue weighted by Crippen LogP contribution is 2.43. The molecule has 2 aromatic carbocycles. The van der Waals surface area contributed by atoms with Crippen molar-refractivity contribution in [3.05, 3.63) is 41.5 Å². The second kappa shape index (κ2) is 7.79. The minimum Gasteiger partial charge on any atom is -0.507 e. The average molecular weight is 356 g/mol. The number of methoxy groups -OCH3 is 2. The molecule has 1 aliphatic rings. The van der Waals surface area contributed by atoms with E-state index in [0.29, 0.717) is 34.6 Å². The molecular weight excluding hydrogens is 332 g/mol. The minimum atomic E-state index is -0.646. The predicted octanol–water partition coefficient (Wildman–Crippen LogP) is 3.74. The number of aliphatic hydroxyl groups is 1. The molecular formula is C21H24O5. The number of aliphatic hydroxyl groups excluding tert-OH is 1. The third-order valence-electron chi connectivity index (χ3n) is 4.82. The summed E-state index contributed by atoms with van der Waals surface area (Å²) in [5.74, 6) is 1.03. The monoisotopic (exact) mass is 356 g/mol. The van der Waals surface area contributed by atoms with Crippen molar-refractivity contribution in [3.8, 4) is 28.4 Å². The fraction of sp³-hybridized carbons (Fsp3) is 0.381. The molecule has 0 heterocycles. The molecule has 0 aliphatic heterocycles. The number of ether oxygens (including phenoxy) is 2. The first-order chi connectivity index (χ1) is 12.5. The second-order valence-electron chi connectivity index (χ2n) is 6.64. The molecule has 1 aliphatic carbocycles. The van der Waals surface area contributed by atoms with Gasteiger partial charge in [-0.15, -0.1) is 0 Å². The number of hydrogen-bond acceptors (Lipinski definition) is 5. The number of Topliss-reactive ketones (excluding diaryl/α,β-unsaturated/α-hetero) is 1. The summed E-state index contributed by atoms with van der Waals surface area (Å²) in [6, 6.07) is 8.65. The summed E-state index contributed by atoms with van der Waals surface area (Å²) in [7, 11) is 3.13. The molecule has 5 nitrogen and oxygen atoms in total. The Bertz CT molecular complexity index is 812. The maximum absolute atomic E-state index is 12.5. The van der Waals surface area contributed by atoms with Crippen molar-refractivity contribution in [2.45, 2.75) is 38.2 Å². The average Bonchev–Trinajstić information content (AvgIpc) is 2.64. The summed E-state index contributed by atoms with van der Waals surface area (Å²) < 4.78 is 11.0. The number of aryl methyl sites for hydroxylation is 1. The quantitative estimate of drug-likeness (QED) is 0.857. The Kier molecular flexibility index (Phi) is 5.47. The first-order valence-electron chi connectivity index (χ1n) is 8.83. The number of fused-ring (bicyclic) bond motifs is 5. The van der Waals surface area contributed by atoms with Crippen molar-refractivity contribution in [1.29, 1.82) is 0 Å². The van der Waals surface area contributed by atoms with Gasteiger partial charge in [-0.25, -0.2) is 0 Å². The Labute approximate surface area is 153 Å². The van der Waals surface area contributed by atoms with Crippen LogP contribution in [0.5, 0.6) is 17.2 Å². The zero-order chi connectivity index (χ0) is 18.7. The number of aromatic hydroxyl groups is 1. The first kappa shape index (κ1) is 18.3. The Morgan fingerprint density at radius 1 is 1.04 bits per heavy atom. The second-order valence-corrected chi connectivity index (χ2v) is 6.64. The van der Waals surface area contributed by atoms with Crippen LogP contribution in [0.3, 0.4) is 0 Å².